The second-order valence-electron chi connectivity index (χ2n) is 5.74. The highest BCUT2D eigenvalue weighted by atomic mass is 16.5. The molecule has 4 heteroatoms. The fourth-order valence-electron chi connectivity index (χ4n) is 1.81. The van der Waals surface area contributed by atoms with E-state index < -0.39 is 0 Å². The van der Waals surface area contributed by atoms with Gasteiger partial charge in [0.1, 0.15) is 11.5 Å². The number of rotatable bonds is 9. The molecule has 0 aliphatic rings. The first kappa shape index (κ1) is 17.3. The number of methoxy groups -OCH3 is 1. The molecule has 4 nitrogen and oxygen atoms in total. The van der Waals surface area contributed by atoms with Crippen LogP contribution in [0.1, 0.15) is 39.2 Å². The Kier molecular flexibility index (Phi) is 7.04. The number of benzene rings is 1. The van der Waals surface area contributed by atoms with Gasteiger partial charge in [0.15, 0.2) is 0 Å². The first-order valence-corrected chi connectivity index (χ1v) is 7.44. The molecule has 0 radical (unpaired) electrons. The second-order valence-corrected chi connectivity index (χ2v) is 5.74. The first-order valence-electron chi connectivity index (χ1n) is 7.44. The van der Waals surface area contributed by atoms with Gasteiger partial charge in [0.2, 0.25) is 0 Å². The van der Waals surface area contributed by atoms with E-state index in [1.165, 1.54) is 0 Å². The first-order chi connectivity index (χ1) is 10.0. The summed E-state index contributed by atoms with van der Waals surface area (Å²) < 4.78 is 11.1. The van der Waals surface area contributed by atoms with E-state index in [-0.39, 0.29) is 5.41 Å². The monoisotopic (exact) mass is 290 g/mol. The minimum atomic E-state index is -0.362. The van der Waals surface area contributed by atoms with Crippen molar-refractivity contribution in [3.8, 4) is 17.6 Å². The molecule has 0 unspecified atom stereocenters. The van der Waals surface area contributed by atoms with Gasteiger partial charge in [0.05, 0.1) is 25.2 Å². The van der Waals surface area contributed by atoms with Crippen LogP contribution >= 0.6 is 0 Å². The van der Waals surface area contributed by atoms with E-state index in [0.717, 1.165) is 36.6 Å². The zero-order valence-corrected chi connectivity index (χ0v) is 13.5. The van der Waals surface area contributed by atoms with Gasteiger partial charge in [-0.2, -0.15) is 5.26 Å². The standard InChI is InChI=1S/C17H26N2O2/c1-5-9-19-12-14-6-7-15(20-4)11-16(14)21-10-8-17(2,3)13-18/h6-7,11,19H,5,8-10,12H2,1-4H3. The summed E-state index contributed by atoms with van der Waals surface area (Å²) in [4.78, 5) is 0. The van der Waals surface area contributed by atoms with Crippen molar-refractivity contribution in [3.05, 3.63) is 23.8 Å². The number of nitriles is 1. The molecule has 116 valence electrons. The van der Waals surface area contributed by atoms with E-state index in [1.54, 1.807) is 7.11 Å². The number of nitrogens with one attached hydrogen (secondary N) is 1. The summed E-state index contributed by atoms with van der Waals surface area (Å²) in [5, 5.41) is 12.4. The number of ether oxygens (including phenoxy) is 2. The van der Waals surface area contributed by atoms with Gasteiger partial charge >= 0.3 is 0 Å². The van der Waals surface area contributed by atoms with Crippen molar-refractivity contribution in [2.24, 2.45) is 5.41 Å². The largest absolute Gasteiger partial charge is 0.497 e. The number of hydrogen-bond acceptors (Lipinski definition) is 4. The Morgan fingerprint density at radius 3 is 2.71 bits per heavy atom. The van der Waals surface area contributed by atoms with Crippen molar-refractivity contribution in [3.63, 3.8) is 0 Å². The van der Waals surface area contributed by atoms with Crippen LogP contribution in [0.4, 0.5) is 0 Å². The van der Waals surface area contributed by atoms with E-state index in [2.05, 4.69) is 18.3 Å². The molecule has 0 spiro atoms. The maximum absolute atomic E-state index is 9.04. The minimum Gasteiger partial charge on any atom is -0.497 e. The topological polar surface area (TPSA) is 54.3 Å². The molecule has 1 N–H and O–H groups in total. The van der Waals surface area contributed by atoms with Crippen molar-refractivity contribution < 1.29 is 9.47 Å². The molecule has 1 aromatic rings. The van der Waals surface area contributed by atoms with Crippen LogP contribution in [0, 0.1) is 16.7 Å². The predicted molar refractivity (Wildman–Crippen MR) is 84.5 cm³/mol. The Balaban J connectivity index is 2.70. The SMILES string of the molecule is CCCNCc1ccc(OC)cc1OCCC(C)(C)C#N. The van der Waals surface area contributed by atoms with E-state index in [4.69, 9.17) is 14.7 Å². The van der Waals surface area contributed by atoms with Crippen LogP contribution in [-0.2, 0) is 6.54 Å². The van der Waals surface area contributed by atoms with Crippen molar-refractivity contribution >= 4 is 0 Å². The van der Waals surface area contributed by atoms with Crippen molar-refractivity contribution in [2.45, 2.75) is 40.2 Å². The molecule has 0 saturated heterocycles. The van der Waals surface area contributed by atoms with Gasteiger partial charge in [-0.3, -0.25) is 0 Å². The average Bonchev–Trinajstić information content (AvgIpc) is 2.48. The van der Waals surface area contributed by atoms with E-state index >= 15 is 0 Å². The summed E-state index contributed by atoms with van der Waals surface area (Å²) in [6.45, 7) is 8.26. The Bertz CT molecular complexity index is 478. The maximum Gasteiger partial charge on any atom is 0.127 e. The van der Waals surface area contributed by atoms with Gasteiger partial charge in [0, 0.05) is 18.2 Å². The van der Waals surface area contributed by atoms with Crippen LogP contribution in [-0.4, -0.2) is 20.3 Å². The molecule has 0 aliphatic heterocycles. The quantitative estimate of drug-likeness (QED) is 0.707. The van der Waals surface area contributed by atoms with Crippen LogP contribution < -0.4 is 14.8 Å². The molecule has 0 fully saturated rings. The molecule has 0 saturated carbocycles. The minimum absolute atomic E-state index is 0.362. The van der Waals surface area contributed by atoms with Crippen LogP contribution in [0.5, 0.6) is 11.5 Å². The Labute approximate surface area is 128 Å². The number of hydrogen-bond donors (Lipinski definition) is 1. The molecule has 0 atom stereocenters. The van der Waals surface area contributed by atoms with E-state index in [0.29, 0.717) is 13.0 Å². The number of nitrogens with zero attached hydrogens (tertiary/aromatic N) is 1. The van der Waals surface area contributed by atoms with Gasteiger partial charge in [-0.15, -0.1) is 0 Å². The smallest absolute Gasteiger partial charge is 0.127 e. The average molecular weight is 290 g/mol. The van der Waals surface area contributed by atoms with Crippen molar-refractivity contribution in [1.29, 1.82) is 5.26 Å². The highest BCUT2D eigenvalue weighted by Gasteiger charge is 2.17. The Morgan fingerprint density at radius 1 is 1.33 bits per heavy atom. The Morgan fingerprint density at radius 2 is 2.10 bits per heavy atom. The molecular weight excluding hydrogens is 264 g/mol. The molecule has 21 heavy (non-hydrogen) atoms. The summed E-state index contributed by atoms with van der Waals surface area (Å²) >= 11 is 0. The Hall–Kier alpha value is -1.73. The summed E-state index contributed by atoms with van der Waals surface area (Å²) in [5.74, 6) is 1.61. The maximum atomic E-state index is 9.04. The third-order valence-electron chi connectivity index (χ3n) is 3.30. The highest BCUT2D eigenvalue weighted by molar-refractivity contribution is 5.40. The lowest BCUT2D eigenvalue weighted by Crippen LogP contribution is -2.16. The lowest BCUT2D eigenvalue weighted by Gasteiger charge is -2.17. The van der Waals surface area contributed by atoms with Gasteiger partial charge in [-0.1, -0.05) is 13.0 Å². The molecule has 1 aromatic carbocycles. The fourth-order valence-corrected chi connectivity index (χ4v) is 1.81. The normalized spacial score (nSPS) is 11.0. The third kappa shape index (κ3) is 6.05. The lowest BCUT2D eigenvalue weighted by molar-refractivity contribution is 0.260. The molecule has 0 aromatic heterocycles. The van der Waals surface area contributed by atoms with E-state index in [1.807, 2.05) is 32.0 Å². The van der Waals surface area contributed by atoms with Crippen LogP contribution in [0.2, 0.25) is 0 Å². The summed E-state index contributed by atoms with van der Waals surface area (Å²) in [6, 6.07) is 8.15. The third-order valence-corrected chi connectivity index (χ3v) is 3.30. The highest BCUT2D eigenvalue weighted by Crippen LogP contribution is 2.26. The van der Waals surface area contributed by atoms with Crippen LogP contribution in [0.15, 0.2) is 18.2 Å². The van der Waals surface area contributed by atoms with Gasteiger partial charge in [-0.25, -0.2) is 0 Å². The molecule has 0 amide bonds. The van der Waals surface area contributed by atoms with E-state index in [9.17, 15) is 0 Å². The van der Waals surface area contributed by atoms with Gasteiger partial charge in [0.25, 0.3) is 0 Å². The molecule has 0 aliphatic carbocycles. The summed E-state index contributed by atoms with van der Waals surface area (Å²) in [6.07, 6.45) is 1.80. The van der Waals surface area contributed by atoms with Crippen LogP contribution in [0.25, 0.3) is 0 Å². The second kappa shape index (κ2) is 8.53. The molecule has 0 bridgehead atoms. The lowest BCUT2D eigenvalue weighted by atomic mass is 9.92. The zero-order valence-electron chi connectivity index (χ0n) is 13.5. The van der Waals surface area contributed by atoms with Crippen LogP contribution in [0.3, 0.4) is 0 Å². The summed E-state index contributed by atoms with van der Waals surface area (Å²) in [7, 11) is 1.65. The van der Waals surface area contributed by atoms with Gasteiger partial charge in [-0.05, 0) is 39.3 Å². The molecular formula is C17H26N2O2. The van der Waals surface area contributed by atoms with Gasteiger partial charge < -0.3 is 14.8 Å². The summed E-state index contributed by atoms with van der Waals surface area (Å²) in [5.41, 5.74) is 0.749. The molecule has 1 rings (SSSR count). The fraction of sp³-hybridized carbons (Fsp3) is 0.588. The van der Waals surface area contributed by atoms with Crippen molar-refractivity contribution in [2.75, 3.05) is 20.3 Å². The predicted octanol–water partition coefficient (Wildman–Crippen LogP) is 3.51. The molecule has 0 heterocycles. The van der Waals surface area contributed by atoms with Crippen molar-refractivity contribution in [1.82, 2.24) is 5.32 Å². The zero-order chi connectivity index (χ0) is 15.7.